The van der Waals surface area contributed by atoms with E-state index in [1.54, 1.807) is 0 Å². The molecule has 1 heterocycles. The summed E-state index contributed by atoms with van der Waals surface area (Å²) < 4.78 is 2.09. The highest BCUT2D eigenvalue weighted by Gasteiger charge is 2.04. The van der Waals surface area contributed by atoms with Crippen LogP contribution >= 0.6 is 0 Å². The number of benzene rings is 1. The second-order valence-corrected chi connectivity index (χ2v) is 4.41. The quantitative estimate of drug-likeness (QED) is 0.818. The van der Waals surface area contributed by atoms with Gasteiger partial charge in [0, 0.05) is 25.5 Å². The summed E-state index contributed by atoms with van der Waals surface area (Å²) in [6.45, 7) is 4.84. The fourth-order valence-corrected chi connectivity index (χ4v) is 2.11. The third-order valence-electron chi connectivity index (χ3n) is 2.87. The lowest BCUT2D eigenvalue weighted by atomic mass is 10.0. The summed E-state index contributed by atoms with van der Waals surface area (Å²) in [5.74, 6) is 0. The monoisotopic (exact) mass is 214 g/mol. The molecule has 0 atom stereocenters. The van der Waals surface area contributed by atoms with Crippen molar-refractivity contribution in [2.24, 2.45) is 12.8 Å². The number of nitrogens with two attached hydrogens (primary N) is 1. The van der Waals surface area contributed by atoms with Crippen LogP contribution in [0.1, 0.15) is 16.8 Å². The maximum Gasteiger partial charge on any atom is 0.0334 e. The first-order valence-electron chi connectivity index (χ1n) is 5.54. The molecule has 0 spiro atoms. The topological polar surface area (TPSA) is 30.9 Å². The number of hydrogen-bond acceptors (Lipinski definition) is 1. The maximum atomic E-state index is 5.68. The second-order valence-electron chi connectivity index (χ2n) is 4.41. The molecule has 0 amide bonds. The molecule has 2 N–H and O–H groups in total. The van der Waals surface area contributed by atoms with Crippen molar-refractivity contribution in [1.29, 1.82) is 0 Å². The summed E-state index contributed by atoms with van der Waals surface area (Å²) in [5, 5.41) is 0. The van der Waals surface area contributed by atoms with Crippen molar-refractivity contribution in [3.8, 4) is 11.1 Å². The van der Waals surface area contributed by atoms with Crippen LogP contribution in [0.4, 0.5) is 0 Å². The molecule has 2 aromatic rings. The summed E-state index contributed by atoms with van der Waals surface area (Å²) in [6.07, 6.45) is 2.14. The van der Waals surface area contributed by atoms with E-state index in [1.807, 2.05) is 7.05 Å². The summed E-state index contributed by atoms with van der Waals surface area (Å²) in [4.78, 5) is 0. The van der Waals surface area contributed by atoms with Gasteiger partial charge >= 0.3 is 0 Å². The summed E-state index contributed by atoms with van der Waals surface area (Å²) in [7, 11) is 2.04. The van der Waals surface area contributed by atoms with Crippen LogP contribution in [0.2, 0.25) is 0 Å². The van der Waals surface area contributed by atoms with Gasteiger partial charge in [-0.2, -0.15) is 0 Å². The summed E-state index contributed by atoms with van der Waals surface area (Å²) in [5.41, 5.74) is 12.0. The number of hydrogen-bond donors (Lipinski definition) is 1. The Kier molecular flexibility index (Phi) is 2.84. The van der Waals surface area contributed by atoms with Crippen LogP contribution in [0.5, 0.6) is 0 Å². The van der Waals surface area contributed by atoms with E-state index in [1.165, 1.54) is 22.3 Å². The summed E-state index contributed by atoms with van der Waals surface area (Å²) >= 11 is 0. The third kappa shape index (κ3) is 2.02. The Morgan fingerprint density at radius 2 is 1.62 bits per heavy atom. The molecule has 0 saturated heterocycles. The lowest BCUT2D eigenvalue weighted by molar-refractivity contribution is 0.824. The molecule has 0 aliphatic heterocycles. The minimum absolute atomic E-state index is 0.585. The molecule has 0 radical (unpaired) electrons. The van der Waals surface area contributed by atoms with Gasteiger partial charge in [0.2, 0.25) is 0 Å². The highest BCUT2D eigenvalue weighted by Crippen LogP contribution is 2.24. The van der Waals surface area contributed by atoms with Gasteiger partial charge < -0.3 is 10.3 Å². The molecule has 16 heavy (non-hydrogen) atoms. The van der Waals surface area contributed by atoms with Gasteiger partial charge in [0.25, 0.3) is 0 Å². The minimum atomic E-state index is 0.585. The molecule has 0 bridgehead atoms. The van der Waals surface area contributed by atoms with E-state index in [4.69, 9.17) is 5.73 Å². The Morgan fingerprint density at radius 1 is 1.00 bits per heavy atom. The molecule has 2 nitrogen and oxygen atoms in total. The van der Waals surface area contributed by atoms with Gasteiger partial charge in [0.05, 0.1) is 0 Å². The normalized spacial score (nSPS) is 10.8. The van der Waals surface area contributed by atoms with Gasteiger partial charge in [-0.3, -0.25) is 0 Å². The number of aryl methyl sites for hydroxylation is 3. The van der Waals surface area contributed by atoms with E-state index >= 15 is 0 Å². The van der Waals surface area contributed by atoms with Crippen LogP contribution in [-0.2, 0) is 13.6 Å². The van der Waals surface area contributed by atoms with Gasteiger partial charge in [-0.05, 0) is 31.0 Å². The molecule has 2 heteroatoms. The van der Waals surface area contributed by atoms with Crippen LogP contribution in [0.25, 0.3) is 11.1 Å². The fourth-order valence-electron chi connectivity index (χ4n) is 2.11. The molecule has 1 aromatic carbocycles. The minimum Gasteiger partial charge on any atom is -0.353 e. The molecule has 0 unspecified atom stereocenters. The van der Waals surface area contributed by atoms with Crippen molar-refractivity contribution in [3.63, 3.8) is 0 Å². The zero-order valence-corrected chi connectivity index (χ0v) is 10.1. The first-order valence-corrected chi connectivity index (χ1v) is 5.54. The van der Waals surface area contributed by atoms with E-state index < -0.39 is 0 Å². The van der Waals surface area contributed by atoms with Gasteiger partial charge in [-0.15, -0.1) is 0 Å². The van der Waals surface area contributed by atoms with Crippen molar-refractivity contribution in [2.45, 2.75) is 20.4 Å². The first-order chi connectivity index (χ1) is 7.60. The molecule has 0 saturated carbocycles. The Bertz CT molecular complexity index is 489. The molecule has 0 aliphatic carbocycles. The van der Waals surface area contributed by atoms with Gasteiger partial charge in [-0.1, -0.05) is 29.3 Å². The number of aromatic nitrogens is 1. The van der Waals surface area contributed by atoms with Crippen molar-refractivity contribution < 1.29 is 0 Å². The lowest BCUT2D eigenvalue weighted by Crippen LogP contribution is -2.01. The maximum absolute atomic E-state index is 5.68. The Balaban J connectivity index is 2.49. The number of rotatable bonds is 2. The molecular weight excluding hydrogens is 196 g/mol. The molecule has 1 aromatic heterocycles. The average Bonchev–Trinajstić information content (AvgIpc) is 2.58. The lowest BCUT2D eigenvalue weighted by Gasteiger charge is -2.02. The molecule has 0 aliphatic rings. The van der Waals surface area contributed by atoms with Gasteiger partial charge in [0.15, 0.2) is 0 Å². The van der Waals surface area contributed by atoms with Gasteiger partial charge in [0.1, 0.15) is 0 Å². The van der Waals surface area contributed by atoms with Crippen molar-refractivity contribution in [2.75, 3.05) is 0 Å². The second kappa shape index (κ2) is 4.14. The van der Waals surface area contributed by atoms with Gasteiger partial charge in [-0.25, -0.2) is 0 Å². The van der Waals surface area contributed by atoms with Crippen LogP contribution in [-0.4, -0.2) is 4.57 Å². The van der Waals surface area contributed by atoms with Crippen LogP contribution in [0, 0.1) is 13.8 Å². The van der Waals surface area contributed by atoms with E-state index in [2.05, 4.69) is 48.9 Å². The fraction of sp³-hybridized carbons (Fsp3) is 0.286. The molecule has 0 fully saturated rings. The summed E-state index contributed by atoms with van der Waals surface area (Å²) in [6, 6.07) is 8.77. The highest BCUT2D eigenvalue weighted by atomic mass is 14.9. The zero-order chi connectivity index (χ0) is 11.7. The standard InChI is InChI=1S/C14H18N2/c1-10-4-11(2)6-12(5-10)13-7-14(8-15)16(3)9-13/h4-7,9H,8,15H2,1-3H3. The van der Waals surface area contributed by atoms with E-state index in [0.29, 0.717) is 6.54 Å². The average molecular weight is 214 g/mol. The Hall–Kier alpha value is -1.54. The van der Waals surface area contributed by atoms with Crippen LogP contribution in [0.3, 0.4) is 0 Å². The van der Waals surface area contributed by atoms with E-state index in [9.17, 15) is 0 Å². The van der Waals surface area contributed by atoms with Crippen molar-refractivity contribution in [1.82, 2.24) is 4.57 Å². The predicted octanol–water partition coefficient (Wildman–Crippen LogP) is 2.77. The van der Waals surface area contributed by atoms with E-state index in [-0.39, 0.29) is 0 Å². The van der Waals surface area contributed by atoms with Crippen molar-refractivity contribution in [3.05, 3.63) is 47.3 Å². The molecular formula is C14H18N2. The van der Waals surface area contributed by atoms with Crippen LogP contribution in [0.15, 0.2) is 30.5 Å². The number of nitrogens with zero attached hydrogens (tertiary/aromatic N) is 1. The largest absolute Gasteiger partial charge is 0.353 e. The van der Waals surface area contributed by atoms with E-state index in [0.717, 1.165) is 5.69 Å². The smallest absolute Gasteiger partial charge is 0.0334 e. The highest BCUT2D eigenvalue weighted by molar-refractivity contribution is 5.65. The SMILES string of the molecule is Cc1cc(C)cc(-c2cc(CN)n(C)c2)c1. The van der Waals surface area contributed by atoms with Crippen molar-refractivity contribution >= 4 is 0 Å². The van der Waals surface area contributed by atoms with Crippen LogP contribution < -0.4 is 5.73 Å². The predicted molar refractivity (Wildman–Crippen MR) is 68.2 cm³/mol. The Morgan fingerprint density at radius 3 is 2.12 bits per heavy atom. The molecule has 84 valence electrons. The zero-order valence-electron chi connectivity index (χ0n) is 10.1. The Labute approximate surface area is 96.7 Å². The molecule has 2 rings (SSSR count). The third-order valence-corrected chi connectivity index (χ3v) is 2.87. The first kappa shape index (κ1) is 11.0.